The fourth-order valence-electron chi connectivity index (χ4n) is 11.2. The molecule has 8 aromatic rings. The van der Waals surface area contributed by atoms with Crippen molar-refractivity contribution >= 4 is 51.2 Å². The second kappa shape index (κ2) is 22.2. The van der Waals surface area contributed by atoms with E-state index in [0.29, 0.717) is 11.8 Å². The average molecular weight is 1050 g/mol. The van der Waals surface area contributed by atoms with E-state index in [1.54, 1.807) is 15.3 Å². The number of allylic oxidation sites excluding steroid dienone is 4. The van der Waals surface area contributed by atoms with Crippen LogP contribution in [-0.4, -0.2) is 3.21 Å². The van der Waals surface area contributed by atoms with Crippen molar-refractivity contribution in [2.75, 3.05) is 0 Å². The third-order valence-electron chi connectivity index (χ3n) is 14.4. The molecule has 0 nitrogen and oxygen atoms in total. The Balaban J connectivity index is 0.00000312. The van der Waals surface area contributed by atoms with Gasteiger partial charge in [-0.05, 0) is 0 Å². The van der Waals surface area contributed by atoms with Gasteiger partial charge in [-0.3, -0.25) is 0 Å². The maximum absolute atomic E-state index is 6.57. The van der Waals surface area contributed by atoms with E-state index < -0.39 is 21.3 Å². The molecule has 8 aromatic carbocycles. The summed E-state index contributed by atoms with van der Waals surface area (Å²) in [5.41, 5.74) is 17.2. The molecule has 0 heterocycles. The molecule has 342 valence electrons. The van der Waals surface area contributed by atoms with Crippen molar-refractivity contribution in [2.45, 2.75) is 90.9 Å². The first kappa shape index (κ1) is 50.1. The minimum Gasteiger partial charge on any atom is -1.00 e. The molecular formula is C63H58Cl4Zr. The summed E-state index contributed by atoms with van der Waals surface area (Å²) in [4.78, 5) is 0. The molecule has 2 unspecified atom stereocenters. The maximum Gasteiger partial charge on any atom is -1.00 e. The SMILES string of the molecule is CCCC(C)c1cc2c(cc1-c1cccc3ccccc13)Cc1c-2cc(C(C)CCC)c(-c2cccc3ccccc23)[c]1[Zr+2]([C]1=CC=CC1)=[C](Cc1ccc(Cl)cc1)Cc1ccc(Cl)cc1.[Cl-].[Cl-]. The molecule has 10 rings (SSSR count). The Morgan fingerprint density at radius 2 is 1.09 bits per heavy atom. The molecule has 0 aromatic heterocycles. The standard InChI is InChI=1S/C43H41.C15H12Cl2.C5H5.2ClH.Zr/c1-5-13-28(3)38-26-40-32(24-42(38)36-21-11-17-30-15-7-9-19-34(30)36)23-33-25-43(39(27-41(33)40)29(4)14-6-2)37-22-12-18-31-16-8-10-20-35(31)37;16-14-8-4-12(5-9-14)2-1-3-13-6-10-15(17)11-7-13;1-2-4-5-3-1;;;/h7-12,15-22,24,26-29H,5-6,13-14,23H2,1-4H3;4-11H,2-3H2;1-3H,4H2;2*1H;/q;;;;;+2/p-2. The molecule has 0 radical (unpaired) electrons. The van der Waals surface area contributed by atoms with Crippen LogP contribution < -0.4 is 28.1 Å². The van der Waals surface area contributed by atoms with E-state index >= 15 is 0 Å². The van der Waals surface area contributed by atoms with Crippen LogP contribution in [0.3, 0.4) is 0 Å². The third kappa shape index (κ3) is 10.0. The number of benzene rings is 8. The smallest absolute Gasteiger partial charge is 1.00 e. The Labute approximate surface area is 434 Å². The molecule has 0 N–H and O–H groups in total. The van der Waals surface area contributed by atoms with Gasteiger partial charge in [-0.1, -0.05) is 0 Å². The van der Waals surface area contributed by atoms with Crippen LogP contribution in [0.15, 0.2) is 173 Å². The Morgan fingerprint density at radius 3 is 1.66 bits per heavy atom. The first-order valence-corrected chi connectivity index (χ1v) is 28.6. The topological polar surface area (TPSA) is 0 Å². The summed E-state index contributed by atoms with van der Waals surface area (Å²) in [6.45, 7) is 9.65. The first-order valence-electron chi connectivity index (χ1n) is 24.2. The largest absolute Gasteiger partial charge is 1.00 e. The second-order valence-corrected chi connectivity index (χ2v) is 26.1. The fourth-order valence-corrected chi connectivity index (χ4v) is 20.2. The number of fused-ring (bicyclic) bond motifs is 5. The summed E-state index contributed by atoms with van der Waals surface area (Å²) in [6, 6.07) is 57.3. The minimum atomic E-state index is -3.10. The van der Waals surface area contributed by atoms with E-state index in [2.05, 4.69) is 198 Å². The van der Waals surface area contributed by atoms with E-state index in [1.807, 2.05) is 0 Å². The van der Waals surface area contributed by atoms with Gasteiger partial charge in [-0.15, -0.1) is 0 Å². The molecule has 0 saturated heterocycles. The van der Waals surface area contributed by atoms with Crippen LogP contribution in [0, 0.1) is 0 Å². The van der Waals surface area contributed by atoms with Gasteiger partial charge in [0.05, 0.1) is 0 Å². The molecule has 5 heteroatoms. The van der Waals surface area contributed by atoms with Gasteiger partial charge < -0.3 is 24.8 Å². The number of halogens is 4. The summed E-state index contributed by atoms with van der Waals surface area (Å²) in [6.07, 6.45) is 15.6. The molecule has 2 aliphatic carbocycles. The second-order valence-electron chi connectivity index (χ2n) is 18.9. The van der Waals surface area contributed by atoms with E-state index in [1.165, 1.54) is 82.7 Å². The molecule has 0 spiro atoms. The Kier molecular flexibility index (Phi) is 16.3. The van der Waals surface area contributed by atoms with Gasteiger partial charge in [0.1, 0.15) is 0 Å². The average Bonchev–Trinajstić information content (AvgIpc) is 4.00. The predicted octanol–water partition coefficient (Wildman–Crippen LogP) is 11.8. The zero-order valence-electron chi connectivity index (χ0n) is 39.5. The number of hydrogen-bond acceptors (Lipinski definition) is 0. The van der Waals surface area contributed by atoms with Crippen molar-refractivity contribution in [3.8, 4) is 33.4 Å². The summed E-state index contributed by atoms with van der Waals surface area (Å²) in [7, 11) is 0. The quantitative estimate of drug-likeness (QED) is 0.102. The molecule has 2 atom stereocenters. The predicted molar refractivity (Wildman–Crippen MR) is 284 cm³/mol. The zero-order chi connectivity index (χ0) is 45.3. The molecule has 0 saturated carbocycles. The Morgan fingerprint density at radius 1 is 0.559 bits per heavy atom. The van der Waals surface area contributed by atoms with E-state index in [9.17, 15) is 0 Å². The van der Waals surface area contributed by atoms with Crippen LogP contribution in [0.4, 0.5) is 0 Å². The molecule has 2 aliphatic rings. The first-order chi connectivity index (χ1) is 32.3. The van der Waals surface area contributed by atoms with Crippen molar-refractivity contribution in [3.63, 3.8) is 0 Å². The zero-order valence-corrected chi connectivity index (χ0v) is 45.0. The van der Waals surface area contributed by atoms with Gasteiger partial charge in [0.2, 0.25) is 0 Å². The van der Waals surface area contributed by atoms with Crippen LogP contribution in [0.1, 0.15) is 105 Å². The Hall–Kier alpha value is -4.33. The van der Waals surface area contributed by atoms with Crippen LogP contribution in [0.5, 0.6) is 0 Å². The molecule has 68 heavy (non-hydrogen) atoms. The van der Waals surface area contributed by atoms with Crippen molar-refractivity contribution in [3.05, 3.63) is 217 Å². The molecule has 0 bridgehead atoms. The Bertz CT molecular complexity index is 3150. The van der Waals surface area contributed by atoms with Gasteiger partial charge in [0, 0.05) is 0 Å². The molecular weight excluding hydrogens is 990 g/mol. The van der Waals surface area contributed by atoms with Gasteiger partial charge >= 0.3 is 413 Å². The van der Waals surface area contributed by atoms with Crippen molar-refractivity contribution in [2.24, 2.45) is 0 Å². The third-order valence-corrected chi connectivity index (χ3v) is 22.6. The van der Waals surface area contributed by atoms with Crippen LogP contribution in [0.2, 0.25) is 10.0 Å². The monoisotopic (exact) mass is 1040 g/mol. The van der Waals surface area contributed by atoms with E-state index in [4.69, 9.17) is 23.2 Å². The van der Waals surface area contributed by atoms with E-state index in [-0.39, 0.29) is 24.8 Å². The van der Waals surface area contributed by atoms with Crippen molar-refractivity contribution in [1.82, 2.24) is 0 Å². The maximum atomic E-state index is 6.57. The van der Waals surface area contributed by atoms with E-state index in [0.717, 1.165) is 61.4 Å². The normalized spacial score (nSPS) is 13.2. The van der Waals surface area contributed by atoms with Crippen molar-refractivity contribution in [1.29, 1.82) is 0 Å². The summed E-state index contributed by atoms with van der Waals surface area (Å²) < 4.78 is 5.03. The fraction of sp³-hybridized carbons (Fsp3) is 0.222. The van der Waals surface area contributed by atoms with Crippen molar-refractivity contribution < 1.29 is 46.1 Å². The summed E-state index contributed by atoms with van der Waals surface area (Å²) in [5.74, 6) is 0.799. The minimum absolute atomic E-state index is 0. The van der Waals surface area contributed by atoms with Crippen LogP contribution >= 0.6 is 23.2 Å². The van der Waals surface area contributed by atoms with Gasteiger partial charge in [-0.2, -0.15) is 0 Å². The van der Waals surface area contributed by atoms with Crippen LogP contribution in [-0.2, 0) is 40.5 Å². The molecule has 0 amide bonds. The summed E-state index contributed by atoms with van der Waals surface area (Å²) >= 11 is 10.0. The molecule has 0 aliphatic heterocycles. The number of hydrogen-bond donors (Lipinski definition) is 0. The van der Waals surface area contributed by atoms with Crippen LogP contribution in [0.25, 0.3) is 54.9 Å². The van der Waals surface area contributed by atoms with Gasteiger partial charge in [0.25, 0.3) is 0 Å². The van der Waals surface area contributed by atoms with Gasteiger partial charge in [-0.25, -0.2) is 0 Å². The number of rotatable bonds is 14. The summed E-state index contributed by atoms with van der Waals surface area (Å²) in [5, 5.41) is 6.82. The molecule has 0 fully saturated rings. The van der Waals surface area contributed by atoms with Gasteiger partial charge in [0.15, 0.2) is 0 Å².